The molecular weight excluding hydrogens is 530 g/mol. The van der Waals surface area contributed by atoms with Crippen LogP contribution in [0.15, 0.2) is 79.0 Å². The van der Waals surface area contributed by atoms with Crippen LogP contribution in [0.25, 0.3) is 5.70 Å². The van der Waals surface area contributed by atoms with Crippen molar-refractivity contribution in [2.75, 3.05) is 4.90 Å². The SMILES string of the molecule is C=CC(=O)N[C@H]1CCCC[C@H]1NC(=O)/C(C)=C1\NC(=O)N(c2ccc(Oc3ccccc3)cc2C)c2ccnc(C)c21. The number of benzene rings is 2. The number of aromatic nitrogens is 1. The molecule has 2 atom stereocenters. The van der Waals surface area contributed by atoms with Gasteiger partial charge in [0.05, 0.1) is 17.1 Å². The molecule has 4 amide bonds. The summed E-state index contributed by atoms with van der Waals surface area (Å²) >= 11 is 0. The highest BCUT2D eigenvalue weighted by atomic mass is 16.5. The van der Waals surface area contributed by atoms with E-state index in [0.29, 0.717) is 39.7 Å². The van der Waals surface area contributed by atoms with E-state index in [1.54, 1.807) is 24.1 Å². The van der Waals surface area contributed by atoms with Crippen LogP contribution in [0.3, 0.4) is 0 Å². The lowest BCUT2D eigenvalue weighted by Gasteiger charge is -2.35. The predicted molar refractivity (Wildman–Crippen MR) is 162 cm³/mol. The van der Waals surface area contributed by atoms with E-state index in [1.807, 2.05) is 62.4 Å². The first-order valence-corrected chi connectivity index (χ1v) is 14.1. The number of urea groups is 1. The number of nitrogens with zero attached hydrogens (tertiary/aromatic N) is 2. The second kappa shape index (κ2) is 12.3. The maximum atomic E-state index is 13.7. The van der Waals surface area contributed by atoms with Crippen molar-refractivity contribution in [2.45, 2.75) is 58.5 Å². The van der Waals surface area contributed by atoms with Crippen LogP contribution in [0.2, 0.25) is 0 Å². The van der Waals surface area contributed by atoms with Crippen molar-refractivity contribution < 1.29 is 19.1 Å². The summed E-state index contributed by atoms with van der Waals surface area (Å²) in [5, 5.41) is 9.00. The van der Waals surface area contributed by atoms with Gasteiger partial charge in [-0.2, -0.15) is 0 Å². The number of nitrogens with one attached hydrogen (secondary N) is 3. The zero-order chi connectivity index (χ0) is 29.8. The zero-order valence-electron chi connectivity index (χ0n) is 24.1. The fourth-order valence-corrected chi connectivity index (χ4v) is 5.58. The van der Waals surface area contributed by atoms with Gasteiger partial charge in [0, 0.05) is 35.1 Å². The van der Waals surface area contributed by atoms with E-state index in [2.05, 4.69) is 27.5 Å². The molecule has 0 bridgehead atoms. The van der Waals surface area contributed by atoms with Crippen molar-refractivity contribution in [3.8, 4) is 11.5 Å². The molecule has 5 rings (SSSR count). The number of rotatable bonds is 7. The number of hydrogen-bond acceptors (Lipinski definition) is 5. The van der Waals surface area contributed by atoms with Gasteiger partial charge >= 0.3 is 6.03 Å². The van der Waals surface area contributed by atoms with Gasteiger partial charge in [0.15, 0.2) is 0 Å². The quantitative estimate of drug-likeness (QED) is 0.313. The molecule has 0 spiro atoms. The summed E-state index contributed by atoms with van der Waals surface area (Å²) in [6.45, 7) is 9.00. The number of anilines is 2. The Labute approximate surface area is 245 Å². The zero-order valence-corrected chi connectivity index (χ0v) is 24.1. The number of carbonyl (C=O) groups is 3. The molecule has 1 fully saturated rings. The number of para-hydroxylation sites is 1. The highest BCUT2D eigenvalue weighted by Crippen LogP contribution is 2.40. The molecule has 1 saturated carbocycles. The number of hydrogen-bond donors (Lipinski definition) is 3. The van der Waals surface area contributed by atoms with E-state index in [1.165, 1.54) is 6.08 Å². The van der Waals surface area contributed by atoms with E-state index in [0.717, 1.165) is 37.0 Å². The Bertz CT molecular complexity index is 1570. The van der Waals surface area contributed by atoms with Gasteiger partial charge in [0.25, 0.3) is 0 Å². The number of ether oxygens (including phenoxy) is 1. The van der Waals surface area contributed by atoms with Gasteiger partial charge in [-0.1, -0.05) is 37.6 Å². The van der Waals surface area contributed by atoms with Crippen LogP contribution in [0.5, 0.6) is 11.5 Å². The molecule has 3 N–H and O–H groups in total. The van der Waals surface area contributed by atoms with Gasteiger partial charge in [0.2, 0.25) is 11.8 Å². The Kier molecular flexibility index (Phi) is 8.38. The van der Waals surface area contributed by atoms with Crippen LogP contribution < -0.4 is 25.6 Å². The van der Waals surface area contributed by atoms with Gasteiger partial charge in [0.1, 0.15) is 11.5 Å². The molecule has 216 valence electrons. The second-order valence-corrected chi connectivity index (χ2v) is 10.6. The summed E-state index contributed by atoms with van der Waals surface area (Å²) in [6, 6.07) is 16.0. The molecular formula is C33H35N5O4. The maximum absolute atomic E-state index is 13.7. The normalized spacial score (nSPS) is 19.2. The number of amides is 4. The Morgan fingerprint density at radius 1 is 1.00 bits per heavy atom. The van der Waals surface area contributed by atoms with Crippen LogP contribution in [0.4, 0.5) is 16.2 Å². The van der Waals surface area contributed by atoms with E-state index >= 15 is 0 Å². The number of fused-ring (bicyclic) bond motifs is 1. The summed E-state index contributed by atoms with van der Waals surface area (Å²) < 4.78 is 5.98. The standard InChI is InChI=1S/C33H35N5O4/c1-5-29(39)35-25-13-9-10-14-26(25)36-32(40)21(3)31-30-22(4)34-18-17-28(30)38(33(41)37-31)27-16-15-24(19-20(27)2)42-23-11-7-6-8-12-23/h5-8,11-12,15-19,25-26H,1,9-10,13-14H2,2-4H3,(H,35,39)(H,36,40)(H,37,41)/b31-21-/t25-,26+/m0/s1. The molecule has 9 nitrogen and oxygen atoms in total. The highest BCUT2D eigenvalue weighted by molar-refractivity contribution is 6.14. The number of aryl methyl sites for hydroxylation is 2. The summed E-state index contributed by atoms with van der Waals surface area (Å²) in [4.78, 5) is 45.2. The molecule has 0 saturated heterocycles. The molecule has 1 aromatic heterocycles. The smallest absolute Gasteiger partial charge is 0.331 e. The molecule has 0 unspecified atom stereocenters. The summed E-state index contributed by atoms with van der Waals surface area (Å²) in [7, 11) is 0. The van der Waals surface area contributed by atoms with E-state index in [9.17, 15) is 14.4 Å². The lowest BCUT2D eigenvalue weighted by atomic mass is 9.89. The third kappa shape index (κ3) is 5.90. The minimum atomic E-state index is -0.385. The molecule has 2 aromatic carbocycles. The average molecular weight is 566 g/mol. The predicted octanol–water partition coefficient (Wildman–Crippen LogP) is 5.81. The van der Waals surface area contributed by atoms with Crippen LogP contribution in [0.1, 0.15) is 49.4 Å². The molecule has 42 heavy (non-hydrogen) atoms. The minimum absolute atomic E-state index is 0.185. The molecule has 9 heteroatoms. The van der Waals surface area contributed by atoms with Crippen LogP contribution in [0, 0.1) is 13.8 Å². The second-order valence-electron chi connectivity index (χ2n) is 10.6. The first kappa shape index (κ1) is 28.6. The first-order valence-electron chi connectivity index (χ1n) is 14.1. The lowest BCUT2D eigenvalue weighted by molar-refractivity contribution is -0.120. The fourth-order valence-electron chi connectivity index (χ4n) is 5.58. The Hall–Kier alpha value is -4.92. The van der Waals surface area contributed by atoms with Crippen LogP contribution >= 0.6 is 0 Å². The summed E-state index contributed by atoms with van der Waals surface area (Å²) in [5.74, 6) is 0.806. The van der Waals surface area contributed by atoms with Crippen molar-refractivity contribution in [2.24, 2.45) is 0 Å². The number of pyridine rings is 1. The summed E-state index contributed by atoms with van der Waals surface area (Å²) in [5.41, 5.74) is 4.28. The van der Waals surface area contributed by atoms with Crippen molar-refractivity contribution in [1.82, 2.24) is 20.9 Å². The third-order valence-corrected chi connectivity index (χ3v) is 7.74. The average Bonchev–Trinajstić information content (AvgIpc) is 2.98. The monoisotopic (exact) mass is 565 g/mol. The van der Waals surface area contributed by atoms with Crippen LogP contribution in [-0.4, -0.2) is 34.9 Å². The van der Waals surface area contributed by atoms with E-state index in [4.69, 9.17) is 4.74 Å². The fraction of sp³-hybridized carbons (Fsp3) is 0.273. The van der Waals surface area contributed by atoms with E-state index in [-0.39, 0.29) is 29.9 Å². The molecule has 2 aliphatic rings. The van der Waals surface area contributed by atoms with Gasteiger partial charge in [-0.25, -0.2) is 4.79 Å². The van der Waals surface area contributed by atoms with Gasteiger partial charge in [-0.15, -0.1) is 0 Å². The Morgan fingerprint density at radius 3 is 2.40 bits per heavy atom. The highest BCUT2D eigenvalue weighted by Gasteiger charge is 2.34. The first-order chi connectivity index (χ1) is 20.3. The van der Waals surface area contributed by atoms with Gasteiger partial charge in [-0.3, -0.25) is 19.5 Å². The molecule has 3 aromatic rings. The van der Waals surface area contributed by atoms with Gasteiger partial charge < -0.3 is 20.7 Å². The number of carbonyl (C=O) groups excluding carboxylic acids is 3. The lowest BCUT2D eigenvalue weighted by Crippen LogP contribution is -2.53. The van der Waals surface area contributed by atoms with E-state index < -0.39 is 0 Å². The minimum Gasteiger partial charge on any atom is -0.457 e. The van der Waals surface area contributed by atoms with Crippen molar-refractivity contribution in [1.29, 1.82) is 0 Å². The molecule has 2 heterocycles. The van der Waals surface area contributed by atoms with Crippen molar-refractivity contribution >= 4 is 34.9 Å². The molecule has 1 aliphatic carbocycles. The third-order valence-electron chi connectivity index (χ3n) is 7.74. The molecule has 0 radical (unpaired) electrons. The Balaban J connectivity index is 1.45. The largest absolute Gasteiger partial charge is 0.457 e. The topological polar surface area (TPSA) is 113 Å². The van der Waals surface area contributed by atoms with Crippen molar-refractivity contribution in [3.63, 3.8) is 0 Å². The van der Waals surface area contributed by atoms with Crippen LogP contribution in [-0.2, 0) is 9.59 Å². The maximum Gasteiger partial charge on any atom is 0.331 e. The Morgan fingerprint density at radius 2 is 1.71 bits per heavy atom. The summed E-state index contributed by atoms with van der Waals surface area (Å²) in [6.07, 6.45) is 6.33. The van der Waals surface area contributed by atoms with Crippen molar-refractivity contribution in [3.05, 3.63) is 95.8 Å². The van der Waals surface area contributed by atoms with Gasteiger partial charge in [-0.05, 0) is 81.7 Å². The molecule has 1 aliphatic heterocycles.